The molecule has 5 rings (SSSR count). The Morgan fingerprint density at radius 3 is 2.59 bits per heavy atom. The van der Waals surface area contributed by atoms with Crippen LogP contribution in [0.4, 0.5) is 0 Å². The number of hydrogen-bond donors (Lipinski definition) is 0. The van der Waals surface area contributed by atoms with Crippen molar-refractivity contribution < 1.29 is 13.9 Å². The Bertz CT molecular complexity index is 1750. The predicted octanol–water partition coefficient (Wildman–Crippen LogP) is 4.42. The summed E-state index contributed by atoms with van der Waals surface area (Å²) in [6.45, 7) is 11.8. The average Bonchev–Trinajstić information content (AvgIpc) is 3.49. The van der Waals surface area contributed by atoms with Crippen LogP contribution in [-0.4, -0.2) is 21.7 Å². The van der Waals surface area contributed by atoms with E-state index in [1.54, 1.807) is 24.5 Å². The molecule has 4 aromatic rings. The van der Waals surface area contributed by atoms with Crippen molar-refractivity contribution in [1.29, 1.82) is 0 Å². The molecule has 1 aliphatic rings. The molecule has 0 bridgehead atoms. The number of furan rings is 1. The van der Waals surface area contributed by atoms with E-state index >= 15 is 0 Å². The molecule has 0 fully saturated rings. The number of hydrogen-bond acceptors (Lipinski definition) is 6. The molecule has 1 aromatic carbocycles. The third kappa shape index (κ3) is 4.31. The number of thiazole rings is 1. The lowest BCUT2D eigenvalue weighted by Gasteiger charge is -2.22. The Balaban J connectivity index is 1.69. The fourth-order valence-electron chi connectivity index (χ4n) is 4.90. The Kier molecular flexibility index (Phi) is 6.37. The first-order valence-electron chi connectivity index (χ1n) is 12.2. The van der Waals surface area contributed by atoms with Crippen molar-refractivity contribution >= 4 is 23.4 Å². The van der Waals surface area contributed by atoms with Crippen LogP contribution in [0.3, 0.4) is 0 Å². The highest BCUT2D eigenvalue weighted by Gasteiger charge is 2.35. The molecule has 0 radical (unpaired) electrons. The molecule has 37 heavy (non-hydrogen) atoms. The Morgan fingerprint density at radius 1 is 1.14 bits per heavy atom. The van der Waals surface area contributed by atoms with E-state index in [0.717, 1.165) is 22.6 Å². The highest BCUT2D eigenvalue weighted by Crippen LogP contribution is 2.31. The van der Waals surface area contributed by atoms with E-state index in [1.807, 2.05) is 25.1 Å². The molecule has 0 spiro atoms. The smallest absolute Gasteiger partial charge is 0.338 e. The zero-order valence-electron chi connectivity index (χ0n) is 21.8. The van der Waals surface area contributed by atoms with Gasteiger partial charge in [-0.2, -0.15) is 0 Å². The minimum absolute atomic E-state index is 0.223. The minimum Gasteiger partial charge on any atom is -0.464 e. The number of benzene rings is 1. The molecule has 8 heteroatoms. The molecule has 0 saturated heterocycles. The topological polar surface area (TPSA) is 78.7 Å². The van der Waals surface area contributed by atoms with Gasteiger partial charge in [0.25, 0.3) is 5.56 Å². The van der Waals surface area contributed by atoms with Gasteiger partial charge in [0.2, 0.25) is 0 Å². The fraction of sp³-hybridized carbons (Fsp3) is 0.276. The maximum absolute atomic E-state index is 13.8. The first-order valence-corrected chi connectivity index (χ1v) is 13.0. The van der Waals surface area contributed by atoms with Gasteiger partial charge in [0.05, 0.1) is 22.4 Å². The number of aromatic nitrogens is 2. The lowest BCUT2D eigenvalue weighted by Crippen LogP contribution is -2.39. The van der Waals surface area contributed by atoms with E-state index in [9.17, 15) is 9.59 Å². The van der Waals surface area contributed by atoms with Crippen molar-refractivity contribution in [3.8, 4) is 5.69 Å². The molecule has 0 N–H and O–H groups in total. The van der Waals surface area contributed by atoms with Crippen LogP contribution in [0.5, 0.6) is 0 Å². The molecule has 0 saturated carbocycles. The summed E-state index contributed by atoms with van der Waals surface area (Å²) < 4.78 is 15.5. The van der Waals surface area contributed by atoms with Crippen LogP contribution in [0.15, 0.2) is 67.9 Å². The maximum atomic E-state index is 13.8. The van der Waals surface area contributed by atoms with Gasteiger partial charge in [0, 0.05) is 17.1 Å². The number of rotatable bonds is 5. The number of allylic oxidation sites excluding steroid dienone is 1. The quantitative estimate of drug-likeness (QED) is 0.369. The van der Waals surface area contributed by atoms with Gasteiger partial charge in [0.1, 0.15) is 17.6 Å². The number of carbonyl (C=O) groups excluding carboxylic acids is 1. The van der Waals surface area contributed by atoms with Crippen LogP contribution < -0.4 is 14.9 Å². The largest absolute Gasteiger partial charge is 0.464 e. The number of carbonyl (C=O) groups is 1. The van der Waals surface area contributed by atoms with Crippen LogP contribution in [0.1, 0.15) is 53.9 Å². The summed E-state index contributed by atoms with van der Waals surface area (Å²) in [5.41, 5.74) is 5.94. The van der Waals surface area contributed by atoms with Gasteiger partial charge >= 0.3 is 5.97 Å². The molecule has 7 nitrogen and oxygen atoms in total. The summed E-state index contributed by atoms with van der Waals surface area (Å²) in [7, 11) is 0. The normalized spacial score (nSPS) is 15.6. The molecule has 190 valence electrons. The second-order valence-electron chi connectivity index (χ2n) is 9.25. The summed E-state index contributed by atoms with van der Waals surface area (Å²) in [5.74, 6) is 0.692. The van der Waals surface area contributed by atoms with Crippen LogP contribution in [-0.2, 0) is 9.53 Å². The van der Waals surface area contributed by atoms with E-state index < -0.39 is 12.0 Å². The van der Waals surface area contributed by atoms with Gasteiger partial charge in [-0.15, -0.1) is 0 Å². The van der Waals surface area contributed by atoms with Crippen molar-refractivity contribution in [2.75, 3.05) is 6.61 Å². The summed E-state index contributed by atoms with van der Waals surface area (Å²) in [6, 6.07) is 13.3. The van der Waals surface area contributed by atoms with E-state index in [2.05, 4.69) is 54.6 Å². The molecular weight excluding hydrogens is 486 g/mol. The van der Waals surface area contributed by atoms with E-state index in [1.165, 1.54) is 16.9 Å². The molecule has 1 aliphatic heterocycles. The van der Waals surface area contributed by atoms with Crippen molar-refractivity contribution in [2.45, 2.75) is 47.6 Å². The second-order valence-corrected chi connectivity index (χ2v) is 10.3. The van der Waals surface area contributed by atoms with Crippen LogP contribution in [0.25, 0.3) is 11.8 Å². The molecule has 3 aromatic heterocycles. The zero-order valence-corrected chi connectivity index (χ0v) is 22.6. The molecule has 4 heterocycles. The van der Waals surface area contributed by atoms with Gasteiger partial charge < -0.3 is 13.7 Å². The first kappa shape index (κ1) is 24.8. The predicted molar refractivity (Wildman–Crippen MR) is 144 cm³/mol. The van der Waals surface area contributed by atoms with Crippen LogP contribution >= 0.6 is 11.3 Å². The highest BCUT2D eigenvalue weighted by atomic mass is 32.1. The Morgan fingerprint density at radius 2 is 1.92 bits per heavy atom. The van der Waals surface area contributed by atoms with Gasteiger partial charge in [-0.05, 0) is 89.1 Å². The third-order valence-corrected chi connectivity index (χ3v) is 7.55. The van der Waals surface area contributed by atoms with Crippen molar-refractivity contribution in [1.82, 2.24) is 9.13 Å². The number of ether oxygens (including phenoxy) is 1. The van der Waals surface area contributed by atoms with Gasteiger partial charge in [-0.1, -0.05) is 23.5 Å². The van der Waals surface area contributed by atoms with E-state index in [4.69, 9.17) is 9.15 Å². The van der Waals surface area contributed by atoms with E-state index in [0.29, 0.717) is 32.1 Å². The third-order valence-electron chi connectivity index (χ3n) is 6.56. The molecule has 0 amide bonds. The lowest BCUT2D eigenvalue weighted by molar-refractivity contribution is -0.139. The van der Waals surface area contributed by atoms with Crippen LogP contribution in [0.2, 0.25) is 0 Å². The minimum atomic E-state index is -0.745. The molecular formula is C29H29N3O4S. The second kappa shape index (κ2) is 9.52. The highest BCUT2D eigenvalue weighted by molar-refractivity contribution is 7.07. The van der Waals surface area contributed by atoms with Crippen LogP contribution in [0, 0.1) is 27.7 Å². The maximum Gasteiger partial charge on any atom is 0.338 e. The summed E-state index contributed by atoms with van der Waals surface area (Å²) in [4.78, 5) is 31.9. The monoisotopic (exact) mass is 515 g/mol. The number of fused-ring (bicyclic) bond motifs is 1. The number of aryl methyl sites for hydroxylation is 3. The van der Waals surface area contributed by atoms with Gasteiger partial charge in [-0.3, -0.25) is 9.36 Å². The Labute approximate surface area is 218 Å². The summed E-state index contributed by atoms with van der Waals surface area (Å²) in [5, 5.41) is 0. The molecule has 0 aliphatic carbocycles. The summed E-state index contributed by atoms with van der Waals surface area (Å²) in [6.07, 6.45) is 1.91. The lowest BCUT2D eigenvalue weighted by atomic mass is 10.0. The number of esters is 1. The van der Waals surface area contributed by atoms with Gasteiger partial charge in [-0.25, -0.2) is 9.79 Å². The van der Waals surface area contributed by atoms with Crippen molar-refractivity contribution in [3.63, 3.8) is 0 Å². The van der Waals surface area contributed by atoms with Gasteiger partial charge in [0.15, 0.2) is 4.80 Å². The average molecular weight is 516 g/mol. The van der Waals surface area contributed by atoms with Crippen molar-refractivity contribution in [3.05, 3.63) is 107 Å². The summed E-state index contributed by atoms with van der Waals surface area (Å²) >= 11 is 1.31. The standard InChI is InChI=1S/C29H29N3O4S/c1-7-35-28(34)25-19(5)30-29-32(26(25)23-12-11-18(4)36-23)27(33)24(37-29)15-21-14-17(3)31(20(21)6)22-10-8-9-16(2)13-22/h8-15,26H,7H2,1-6H3/b24-15+/t26-/m0/s1. The zero-order chi connectivity index (χ0) is 26.4. The Hall–Kier alpha value is -3.91. The van der Waals surface area contributed by atoms with Crippen molar-refractivity contribution in [2.24, 2.45) is 4.99 Å². The fourth-order valence-corrected chi connectivity index (χ4v) is 5.94. The van der Waals surface area contributed by atoms with E-state index in [-0.39, 0.29) is 12.2 Å². The molecule has 0 unspecified atom stereocenters. The number of nitrogens with zero attached hydrogens (tertiary/aromatic N) is 3. The first-order chi connectivity index (χ1) is 17.7. The SMILES string of the molecule is CCOC(=O)C1=C(C)N=c2s/c(=C/c3cc(C)n(-c4cccc(C)c4)c3C)c(=O)n2[C@H]1c1ccc(C)o1. The molecule has 1 atom stereocenters.